The number of aromatic nitrogens is 1. The number of aromatic amines is 1. The largest absolute Gasteiger partial charge is 0.380 e. The van der Waals surface area contributed by atoms with Crippen molar-refractivity contribution < 1.29 is 5.11 Å². The summed E-state index contributed by atoms with van der Waals surface area (Å²) in [6, 6.07) is 16.4. The fourth-order valence-electron chi connectivity index (χ4n) is 3.20. The van der Waals surface area contributed by atoms with Gasteiger partial charge in [0.25, 0.3) is 0 Å². The number of rotatable bonds is 1. The smallest absolute Gasteiger partial charge is 0.115 e. The Labute approximate surface area is 111 Å². The molecular weight excluding hydrogens is 234 g/mol. The van der Waals surface area contributed by atoms with Gasteiger partial charge in [0.15, 0.2) is 0 Å². The molecule has 0 aliphatic heterocycles. The monoisotopic (exact) mass is 249 g/mol. The molecule has 0 radical (unpaired) electrons. The van der Waals surface area contributed by atoms with Crippen LogP contribution in [-0.4, -0.2) is 10.1 Å². The van der Waals surface area contributed by atoms with E-state index in [4.69, 9.17) is 0 Å². The molecule has 94 valence electrons. The van der Waals surface area contributed by atoms with Gasteiger partial charge in [0.2, 0.25) is 0 Å². The molecule has 1 atom stereocenters. The minimum Gasteiger partial charge on any atom is -0.380 e. The maximum absolute atomic E-state index is 11.1. The highest BCUT2D eigenvalue weighted by atomic mass is 16.3. The molecule has 0 fully saturated rings. The highest BCUT2D eigenvalue weighted by molar-refractivity contribution is 5.80. The first-order chi connectivity index (χ1) is 9.27. The van der Waals surface area contributed by atoms with E-state index >= 15 is 0 Å². The van der Waals surface area contributed by atoms with Crippen molar-refractivity contribution in [3.8, 4) is 0 Å². The normalized spacial score (nSPS) is 21.7. The van der Waals surface area contributed by atoms with Crippen LogP contribution in [0.4, 0.5) is 0 Å². The summed E-state index contributed by atoms with van der Waals surface area (Å²) in [7, 11) is 0. The number of hydrogen-bond acceptors (Lipinski definition) is 1. The molecule has 4 rings (SSSR count). The molecule has 1 aliphatic carbocycles. The quantitative estimate of drug-likeness (QED) is 0.681. The van der Waals surface area contributed by atoms with E-state index in [0.717, 1.165) is 34.9 Å². The standard InChI is InChI=1S/C17H15NO/c19-17(9-7-12-3-1-2-4-15(12)17)14-5-6-16-13(11-14)8-10-18-16/h1-6,8,10-11,18-19H,7,9H2. The minimum atomic E-state index is -0.831. The van der Waals surface area contributed by atoms with Crippen LogP contribution < -0.4 is 0 Å². The average Bonchev–Trinajstić information content (AvgIpc) is 3.04. The predicted octanol–water partition coefficient (Wildman–Crippen LogP) is 3.35. The van der Waals surface area contributed by atoms with Crippen LogP contribution in [0.25, 0.3) is 10.9 Å². The fraction of sp³-hybridized carbons (Fsp3) is 0.176. The van der Waals surface area contributed by atoms with Gasteiger partial charge in [0.05, 0.1) is 0 Å². The second kappa shape index (κ2) is 3.72. The number of hydrogen-bond donors (Lipinski definition) is 2. The lowest BCUT2D eigenvalue weighted by Gasteiger charge is -2.24. The molecule has 2 nitrogen and oxygen atoms in total. The summed E-state index contributed by atoms with van der Waals surface area (Å²) in [4.78, 5) is 3.19. The zero-order chi connectivity index (χ0) is 12.9. The van der Waals surface area contributed by atoms with Crippen LogP contribution in [0.15, 0.2) is 54.7 Å². The van der Waals surface area contributed by atoms with E-state index in [1.807, 2.05) is 42.6 Å². The van der Waals surface area contributed by atoms with Crippen molar-refractivity contribution in [3.05, 3.63) is 71.4 Å². The first-order valence-corrected chi connectivity index (χ1v) is 6.66. The Hall–Kier alpha value is -2.06. The van der Waals surface area contributed by atoms with Crippen molar-refractivity contribution in [2.75, 3.05) is 0 Å². The lowest BCUT2D eigenvalue weighted by atomic mass is 9.87. The first kappa shape index (κ1) is 10.8. The van der Waals surface area contributed by atoms with Gasteiger partial charge >= 0.3 is 0 Å². The number of benzene rings is 2. The molecule has 19 heavy (non-hydrogen) atoms. The Balaban J connectivity index is 1.91. The third-order valence-electron chi connectivity index (χ3n) is 4.25. The molecule has 1 heterocycles. The van der Waals surface area contributed by atoms with Crippen LogP contribution in [0.1, 0.15) is 23.1 Å². The molecular formula is C17H15NO. The molecule has 2 heteroatoms. The van der Waals surface area contributed by atoms with Crippen LogP contribution in [0.3, 0.4) is 0 Å². The van der Waals surface area contributed by atoms with Gasteiger partial charge in [-0.25, -0.2) is 0 Å². The molecule has 2 aromatic carbocycles. The zero-order valence-corrected chi connectivity index (χ0v) is 10.6. The van der Waals surface area contributed by atoms with Gasteiger partial charge in [-0.3, -0.25) is 0 Å². The second-order valence-corrected chi connectivity index (χ2v) is 5.30. The Kier molecular flexibility index (Phi) is 2.12. The number of aryl methyl sites for hydroxylation is 1. The predicted molar refractivity (Wildman–Crippen MR) is 76.1 cm³/mol. The van der Waals surface area contributed by atoms with Crippen LogP contribution in [0, 0.1) is 0 Å². The van der Waals surface area contributed by atoms with Gasteiger partial charge in [-0.15, -0.1) is 0 Å². The fourth-order valence-corrected chi connectivity index (χ4v) is 3.20. The maximum atomic E-state index is 11.1. The Morgan fingerprint density at radius 1 is 1.05 bits per heavy atom. The van der Waals surface area contributed by atoms with Gasteiger partial charge in [0, 0.05) is 11.7 Å². The number of fused-ring (bicyclic) bond motifs is 2. The molecule has 1 unspecified atom stereocenters. The molecule has 0 spiro atoms. The molecule has 1 aromatic heterocycles. The van der Waals surface area contributed by atoms with E-state index < -0.39 is 5.60 Å². The number of aliphatic hydroxyl groups is 1. The lowest BCUT2D eigenvalue weighted by Crippen LogP contribution is -2.23. The highest BCUT2D eigenvalue weighted by Gasteiger charge is 2.37. The summed E-state index contributed by atoms with van der Waals surface area (Å²) in [5, 5.41) is 12.2. The van der Waals surface area contributed by atoms with E-state index in [1.54, 1.807) is 0 Å². The van der Waals surface area contributed by atoms with Gasteiger partial charge < -0.3 is 10.1 Å². The van der Waals surface area contributed by atoms with Crippen molar-refractivity contribution in [2.24, 2.45) is 0 Å². The van der Waals surface area contributed by atoms with E-state index in [9.17, 15) is 5.11 Å². The van der Waals surface area contributed by atoms with Gasteiger partial charge in [-0.2, -0.15) is 0 Å². The average molecular weight is 249 g/mol. The maximum Gasteiger partial charge on any atom is 0.115 e. The van der Waals surface area contributed by atoms with Crippen molar-refractivity contribution in [1.82, 2.24) is 4.98 Å². The summed E-state index contributed by atoms with van der Waals surface area (Å²) in [5.41, 5.74) is 3.59. The summed E-state index contributed by atoms with van der Waals surface area (Å²) >= 11 is 0. The van der Waals surface area contributed by atoms with Gasteiger partial charge in [-0.1, -0.05) is 30.3 Å². The van der Waals surface area contributed by atoms with E-state index in [-0.39, 0.29) is 0 Å². The summed E-state index contributed by atoms with van der Waals surface area (Å²) in [6.07, 6.45) is 3.64. The molecule has 0 amide bonds. The lowest BCUT2D eigenvalue weighted by molar-refractivity contribution is 0.0831. The summed E-state index contributed by atoms with van der Waals surface area (Å²) in [6.45, 7) is 0. The number of H-pyrrole nitrogens is 1. The Morgan fingerprint density at radius 2 is 1.95 bits per heavy atom. The van der Waals surface area contributed by atoms with Crippen LogP contribution >= 0.6 is 0 Å². The summed E-state index contributed by atoms with van der Waals surface area (Å²) in [5.74, 6) is 0. The second-order valence-electron chi connectivity index (χ2n) is 5.30. The molecule has 0 saturated heterocycles. The Bertz CT molecular complexity index is 759. The van der Waals surface area contributed by atoms with Crippen molar-refractivity contribution >= 4 is 10.9 Å². The molecule has 1 aliphatic rings. The minimum absolute atomic E-state index is 0.766. The highest BCUT2D eigenvalue weighted by Crippen LogP contribution is 2.42. The molecule has 0 saturated carbocycles. The molecule has 0 bridgehead atoms. The van der Waals surface area contributed by atoms with E-state index in [1.165, 1.54) is 5.56 Å². The Morgan fingerprint density at radius 3 is 2.89 bits per heavy atom. The van der Waals surface area contributed by atoms with Gasteiger partial charge in [-0.05, 0) is 53.1 Å². The van der Waals surface area contributed by atoms with Crippen molar-refractivity contribution in [3.63, 3.8) is 0 Å². The van der Waals surface area contributed by atoms with Crippen LogP contribution in [0.5, 0.6) is 0 Å². The first-order valence-electron chi connectivity index (χ1n) is 6.66. The third kappa shape index (κ3) is 1.47. The third-order valence-corrected chi connectivity index (χ3v) is 4.25. The van der Waals surface area contributed by atoms with Crippen LogP contribution in [0.2, 0.25) is 0 Å². The topological polar surface area (TPSA) is 36.0 Å². The van der Waals surface area contributed by atoms with E-state index in [0.29, 0.717) is 0 Å². The van der Waals surface area contributed by atoms with Crippen LogP contribution in [-0.2, 0) is 12.0 Å². The number of nitrogens with one attached hydrogen (secondary N) is 1. The van der Waals surface area contributed by atoms with Crippen molar-refractivity contribution in [1.29, 1.82) is 0 Å². The zero-order valence-electron chi connectivity index (χ0n) is 10.6. The molecule has 3 aromatic rings. The van der Waals surface area contributed by atoms with Gasteiger partial charge in [0.1, 0.15) is 5.60 Å². The molecule has 2 N–H and O–H groups in total. The summed E-state index contributed by atoms with van der Waals surface area (Å²) < 4.78 is 0. The van der Waals surface area contributed by atoms with Crippen molar-refractivity contribution in [2.45, 2.75) is 18.4 Å². The SMILES string of the molecule is OC1(c2ccc3[nH]ccc3c2)CCc2ccccc21. The van der Waals surface area contributed by atoms with E-state index in [2.05, 4.69) is 17.1 Å².